The van der Waals surface area contributed by atoms with Crippen LogP contribution in [0.15, 0.2) is 34.0 Å². The van der Waals surface area contributed by atoms with Crippen LogP contribution < -0.4 is 15.2 Å². The van der Waals surface area contributed by atoms with Crippen LogP contribution in [0.25, 0.3) is 4.96 Å². The fourth-order valence-electron chi connectivity index (χ4n) is 3.39. The molecule has 1 aliphatic heterocycles. The van der Waals surface area contributed by atoms with Crippen molar-refractivity contribution in [3.05, 3.63) is 40.3 Å². The van der Waals surface area contributed by atoms with Gasteiger partial charge in [-0.3, -0.25) is 9.59 Å². The highest BCUT2D eigenvalue weighted by atomic mass is 32.2. The highest BCUT2D eigenvalue weighted by Crippen LogP contribution is 2.30. The molecule has 1 N–H and O–H groups in total. The van der Waals surface area contributed by atoms with Crippen molar-refractivity contribution in [3.8, 4) is 5.75 Å². The lowest BCUT2D eigenvalue weighted by Crippen LogP contribution is -2.58. The first-order valence-electron chi connectivity index (χ1n) is 9.77. The van der Waals surface area contributed by atoms with Gasteiger partial charge in [-0.05, 0) is 24.3 Å². The lowest BCUT2D eigenvalue weighted by molar-refractivity contribution is -0.274. The highest BCUT2D eigenvalue weighted by Gasteiger charge is 2.42. The maximum Gasteiger partial charge on any atom is 0.573 e. The number of hydrogen-bond donors (Lipinski definition) is 1. The maximum absolute atomic E-state index is 13.1. The summed E-state index contributed by atoms with van der Waals surface area (Å²) in [6.07, 6.45) is -10.1. The van der Waals surface area contributed by atoms with Gasteiger partial charge in [-0.2, -0.15) is 22.0 Å². The Morgan fingerprint density at radius 1 is 1.08 bits per heavy atom. The van der Waals surface area contributed by atoms with Crippen LogP contribution >= 0.6 is 11.3 Å². The van der Waals surface area contributed by atoms with Crippen molar-refractivity contribution in [2.45, 2.75) is 23.5 Å². The Bertz CT molecular complexity index is 1500. The fourth-order valence-corrected chi connectivity index (χ4v) is 5.83. The minimum absolute atomic E-state index is 0.109. The SMILES string of the molecule is O=C(O)[C@H]1CN(c2nn3c(=O)c(C(F)(F)F)nnc3s2)CCN1S(=O)(=O)c1ccc(OC(F)(F)F)cc1. The molecule has 37 heavy (non-hydrogen) atoms. The zero-order valence-corrected chi connectivity index (χ0v) is 19.4. The maximum atomic E-state index is 13.1. The number of carboxylic acid groups (broad SMARTS) is 1. The number of alkyl halides is 6. The number of aliphatic carboxylic acids is 1. The van der Waals surface area contributed by atoms with E-state index in [4.69, 9.17) is 0 Å². The number of halogens is 6. The average molecular weight is 574 g/mol. The molecule has 0 amide bonds. The molecule has 2 aromatic heterocycles. The van der Waals surface area contributed by atoms with Gasteiger partial charge in [0.25, 0.3) is 0 Å². The molecule has 0 unspecified atom stereocenters. The van der Waals surface area contributed by atoms with Crippen molar-refractivity contribution < 1.29 is 49.4 Å². The number of sulfonamides is 1. The van der Waals surface area contributed by atoms with Crippen LogP contribution in [0.3, 0.4) is 0 Å². The number of fused-ring (bicyclic) bond motifs is 1. The van der Waals surface area contributed by atoms with Gasteiger partial charge in [0, 0.05) is 19.6 Å². The molecule has 0 saturated carbocycles. The van der Waals surface area contributed by atoms with E-state index in [0.717, 1.165) is 24.3 Å². The molecular formula is C17H12F6N6O6S2. The number of nitrogens with zero attached hydrogens (tertiary/aromatic N) is 6. The molecule has 1 aromatic carbocycles. The van der Waals surface area contributed by atoms with Gasteiger partial charge in [0.1, 0.15) is 11.8 Å². The summed E-state index contributed by atoms with van der Waals surface area (Å²) in [5, 5.41) is 19.5. The molecule has 20 heteroatoms. The molecule has 3 aromatic rings. The molecular weight excluding hydrogens is 562 g/mol. The van der Waals surface area contributed by atoms with Crippen LogP contribution in [0.5, 0.6) is 5.75 Å². The van der Waals surface area contributed by atoms with E-state index in [9.17, 15) is 49.5 Å². The van der Waals surface area contributed by atoms with Gasteiger partial charge in [-0.1, -0.05) is 11.3 Å². The van der Waals surface area contributed by atoms with Gasteiger partial charge in [0.2, 0.25) is 25.8 Å². The molecule has 0 bridgehead atoms. The summed E-state index contributed by atoms with van der Waals surface area (Å²) in [4.78, 5) is 24.5. The van der Waals surface area contributed by atoms with E-state index in [1.54, 1.807) is 0 Å². The zero-order valence-electron chi connectivity index (χ0n) is 17.8. The Kier molecular flexibility index (Phi) is 6.53. The van der Waals surface area contributed by atoms with Gasteiger partial charge in [-0.15, -0.1) is 28.5 Å². The van der Waals surface area contributed by atoms with E-state index >= 15 is 0 Å². The monoisotopic (exact) mass is 574 g/mol. The van der Waals surface area contributed by atoms with Gasteiger partial charge in [0.05, 0.1) is 4.90 Å². The molecule has 1 aliphatic rings. The molecule has 1 atom stereocenters. The summed E-state index contributed by atoms with van der Waals surface area (Å²) in [5.74, 6) is -2.27. The van der Waals surface area contributed by atoms with Gasteiger partial charge in [-0.25, -0.2) is 8.42 Å². The molecule has 0 radical (unpaired) electrons. The number of rotatable bonds is 5. The molecule has 0 spiro atoms. The van der Waals surface area contributed by atoms with E-state index < -0.39 is 69.6 Å². The second-order valence-corrected chi connectivity index (χ2v) is 10.2. The van der Waals surface area contributed by atoms with Crippen molar-refractivity contribution >= 4 is 37.4 Å². The number of ether oxygens (including phenoxy) is 1. The number of benzene rings is 1. The molecule has 4 rings (SSSR count). The fraction of sp³-hybridized carbons (Fsp3) is 0.353. The Labute approximate surface area is 205 Å². The Balaban J connectivity index is 1.60. The predicted octanol–water partition coefficient (Wildman–Crippen LogP) is 1.43. The van der Waals surface area contributed by atoms with Crippen molar-refractivity contribution in [3.63, 3.8) is 0 Å². The van der Waals surface area contributed by atoms with Crippen LogP contribution in [-0.4, -0.2) is 75.6 Å². The van der Waals surface area contributed by atoms with Gasteiger partial charge < -0.3 is 14.7 Å². The standard InChI is InChI=1S/C17H12F6N6O6S2/c18-16(19,20)11-12(30)29-14(25-24-11)36-15(26-29)27-5-6-28(10(7-27)13(31)32)37(33,34)9-3-1-8(2-4-9)35-17(21,22)23/h1-4,10H,5-7H2,(H,31,32)/t10-/m1/s1. The Morgan fingerprint density at radius 3 is 2.30 bits per heavy atom. The van der Waals surface area contributed by atoms with E-state index in [2.05, 4.69) is 20.0 Å². The lowest BCUT2D eigenvalue weighted by atomic mass is 10.2. The van der Waals surface area contributed by atoms with Crippen LogP contribution in [-0.2, 0) is 21.0 Å². The van der Waals surface area contributed by atoms with Crippen molar-refractivity contribution in [2.75, 3.05) is 24.5 Å². The second-order valence-electron chi connectivity index (χ2n) is 7.37. The average Bonchev–Trinajstić information content (AvgIpc) is 3.23. The van der Waals surface area contributed by atoms with E-state index in [1.165, 1.54) is 4.90 Å². The van der Waals surface area contributed by atoms with Gasteiger partial charge >= 0.3 is 24.1 Å². The quantitative estimate of drug-likeness (QED) is 0.444. The number of aromatic nitrogens is 4. The summed E-state index contributed by atoms with van der Waals surface area (Å²) in [7, 11) is -4.51. The van der Waals surface area contributed by atoms with E-state index in [-0.39, 0.29) is 16.6 Å². The summed E-state index contributed by atoms with van der Waals surface area (Å²) in [6.45, 7) is -1.14. The predicted molar refractivity (Wildman–Crippen MR) is 111 cm³/mol. The molecule has 12 nitrogen and oxygen atoms in total. The third-order valence-corrected chi connectivity index (χ3v) is 7.88. The second kappa shape index (κ2) is 9.10. The van der Waals surface area contributed by atoms with Crippen molar-refractivity contribution in [2.24, 2.45) is 0 Å². The smallest absolute Gasteiger partial charge is 0.480 e. The molecule has 200 valence electrons. The normalized spacial score (nSPS) is 17.8. The number of carboxylic acids is 1. The van der Waals surface area contributed by atoms with Crippen molar-refractivity contribution in [1.29, 1.82) is 0 Å². The number of piperazine rings is 1. The summed E-state index contributed by atoms with van der Waals surface area (Å²) >= 11 is 0.632. The van der Waals surface area contributed by atoms with Crippen LogP contribution in [0.1, 0.15) is 5.69 Å². The van der Waals surface area contributed by atoms with Crippen LogP contribution in [0.2, 0.25) is 0 Å². The summed E-state index contributed by atoms with van der Waals surface area (Å²) in [5.41, 5.74) is -3.39. The topological polar surface area (TPSA) is 147 Å². The minimum Gasteiger partial charge on any atom is -0.480 e. The largest absolute Gasteiger partial charge is 0.573 e. The van der Waals surface area contributed by atoms with E-state index in [0.29, 0.717) is 20.2 Å². The zero-order chi connectivity index (χ0) is 27.3. The first-order valence-corrected chi connectivity index (χ1v) is 12.0. The molecule has 3 heterocycles. The Hall–Kier alpha value is -3.52. The number of anilines is 1. The third-order valence-electron chi connectivity index (χ3n) is 5.00. The van der Waals surface area contributed by atoms with Crippen LogP contribution in [0.4, 0.5) is 31.5 Å². The third kappa shape index (κ3) is 5.30. The van der Waals surface area contributed by atoms with Crippen LogP contribution in [0, 0.1) is 0 Å². The lowest BCUT2D eigenvalue weighted by Gasteiger charge is -2.38. The van der Waals surface area contributed by atoms with Crippen molar-refractivity contribution in [1.82, 2.24) is 24.1 Å². The molecule has 0 aliphatic carbocycles. The summed E-state index contributed by atoms with van der Waals surface area (Å²) in [6, 6.07) is 1.42. The summed E-state index contributed by atoms with van der Waals surface area (Å²) < 4.78 is 107. The van der Waals surface area contributed by atoms with Gasteiger partial charge in [0.15, 0.2) is 0 Å². The minimum atomic E-state index is -5.08. The molecule has 1 saturated heterocycles. The highest BCUT2D eigenvalue weighted by molar-refractivity contribution is 7.89. The number of hydrogen-bond acceptors (Lipinski definition) is 10. The first kappa shape index (κ1) is 26.5. The number of carbonyl (C=O) groups is 1. The van der Waals surface area contributed by atoms with E-state index in [1.807, 2.05) is 0 Å². The Morgan fingerprint density at radius 2 is 1.73 bits per heavy atom. The molecule has 1 fully saturated rings. The first-order chi connectivity index (χ1) is 17.1.